The molecule has 1 aliphatic rings. The van der Waals surface area contributed by atoms with E-state index in [0.717, 1.165) is 10.0 Å². The van der Waals surface area contributed by atoms with Crippen LogP contribution in [0.15, 0.2) is 21.5 Å². The van der Waals surface area contributed by atoms with Crippen molar-refractivity contribution in [2.75, 3.05) is 20.8 Å². The van der Waals surface area contributed by atoms with Crippen LogP contribution >= 0.6 is 39.9 Å². The van der Waals surface area contributed by atoms with Crippen molar-refractivity contribution in [3.05, 3.63) is 27.1 Å². The first-order valence-electron chi connectivity index (χ1n) is 6.18. The van der Waals surface area contributed by atoms with Gasteiger partial charge in [0.15, 0.2) is 11.5 Å². The molecule has 0 unspecified atom stereocenters. The van der Waals surface area contributed by atoms with E-state index in [-0.39, 0.29) is 5.91 Å². The van der Waals surface area contributed by atoms with Crippen LogP contribution in [-0.2, 0) is 4.79 Å². The smallest absolute Gasteiger partial charge is 0.266 e. The lowest BCUT2D eigenvalue weighted by Crippen LogP contribution is -2.27. The maximum atomic E-state index is 12.3. The lowest BCUT2D eigenvalue weighted by molar-refractivity contribution is -0.121. The zero-order chi connectivity index (χ0) is 15.6. The number of benzene rings is 1. The van der Waals surface area contributed by atoms with Gasteiger partial charge >= 0.3 is 0 Å². The monoisotopic (exact) mass is 387 g/mol. The molecule has 21 heavy (non-hydrogen) atoms. The first-order chi connectivity index (χ1) is 10.0. The summed E-state index contributed by atoms with van der Waals surface area (Å²) in [5.41, 5.74) is 0.764. The summed E-state index contributed by atoms with van der Waals surface area (Å²) in [5.74, 6) is 1.11. The molecule has 2 rings (SSSR count). The van der Waals surface area contributed by atoms with Crippen LogP contribution in [0.4, 0.5) is 0 Å². The van der Waals surface area contributed by atoms with Crippen molar-refractivity contribution in [3.63, 3.8) is 0 Å². The normalized spacial score (nSPS) is 16.8. The number of carbonyl (C=O) groups is 1. The zero-order valence-corrected chi connectivity index (χ0v) is 15.0. The maximum absolute atomic E-state index is 12.3. The van der Waals surface area contributed by atoms with Crippen molar-refractivity contribution in [1.29, 1.82) is 0 Å². The van der Waals surface area contributed by atoms with Gasteiger partial charge in [-0.25, -0.2) is 0 Å². The molecule has 1 aromatic rings. The van der Waals surface area contributed by atoms with E-state index >= 15 is 0 Å². The van der Waals surface area contributed by atoms with Crippen molar-refractivity contribution in [1.82, 2.24) is 4.90 Å². The van der Waals surface area contributed by atoms with E-state index in [0.29, 0.717) is 27.3 Å². The Balaban J connectivity index is 2.48. The van der Waals surface area contributed by atoms with Crippen LogP contribution < -0.4 is 9.47 Å². The number of thioether (sulfide) groups is 1. The fourth-order valence-electron chi connectivity index (χ4n) is 1.98. The third-order valence-corrected chi connectivity index (χ3v) is 4.78. The van der Waals surface area contributed by atoms with Crippen molar-refractivity contribution in [2.24, 2.45) is 0 Å². The third-order valence-electron chi connectivity index (χ3n) is 2.95. The summed E-state index contributed by atoms with van der Waals surface area (Å²) in [4.78, 5) is 14.4. The van der Waals surface area contributed by atoms with E-state index in [4.69, 9.17) is 21.7 Å². The fourth-order valence-corrected chi connectivity index (χ4v) is 3.81. The Morgan fingerprint density at radius 1 is 1.38 bits per heavy atom. The SMILES string of the molecule is CCN1C(=O)/C(=C/c2cc(Br)cc(OC)c2OC)SC1=S. The van der Waals surface area contributed by atoms with E-state index in [2.05, 4.69) is 15.9 Å². The van der Waals surface area contributed by atoms with Gasteiger partial charge < -0.3 is 9.47 Å². The molecular formula is C14H14BrNO3S2. The molecule has 0 aromatic heterocycles. The third kappa shape index (κ3) is 3.25. The number of nitrogens with zero attached hydrogens (tertiary/aromatic N) is 1. The molecule has 0 atom stereocenters. The molecule has 0 saturated carbocycles. The molecule has 0 spiro atoms. The number of thiocarbonyl (C=S) groups is 1. The molecule has 0 aliphatic carbocycles. The molecule has 0 N–H and O–H groups in total. The van der Waals surface area contributed by atoms with Gasteiger partial charge in [0, 0.05) is 16.6 Å². The quantitative estimate of drug-likeness (QED) is 0.581. The minimum atomic E-state index is -0.0755. The van der Waals surface area contributed by atoms with Gasteiger partial charge in [0.05, 0.1) is 19.1 Å². The molecule has 1 heterocycles. The number of ether oxygens (including phenoxy) is 2. The highest BCUT2D eigenvalue weighted by atomic mass is 79.9. The first kappa shape index (κ1) is 16.3. The Kier molecular flexibility index (Phi) is 5.29. The molecule has 1 amide bonds. The summed E-state index contributed by atoms with van der Waals surface area (Å²) < 4.78 is 12.1. The van der Waals surface area contributed by atoms with Crippen LogP contribution in [0.2, 0.25) is 0 Å². The summed E-state index contributed by atoms with van der Waals surface area (Å²) in [6.45, 7) is 2.47. The van der Waals surface area contributed by atoms with Gasteiger partial charge in [-0.3, -0.25) is 9.69 Å². The minimum Gasteiger partial charge on any atom is -0.493 e. The van der Waals surface area contributed by atoms with Crippen molar-refractivity contribution in [3.8, 4) is 11.5 Å². The van der Waals surface area contributed by atoms with E-state index in [1.807, 2.05) is 19.1 Å². The van der Waals surface area contributed by atoms with Crippen molar-refractivity contribution < 1.29 is 14.3 Å². The van der Waals surface area contributed by atoms with Crippen LogP contribution in [0.1, 0.15) is 12.5 Å². The summed E-state index contributed by atoms with van der Waals surface area (Å²) in [7, 11) is 3.14. The van der Waals surface area contributed by atoms with E-state index < -0.39 is 0 Å². The standard InChI is InChI=1S/C14H14BrNO3S2/c1-4-16-13(17)11(21-14(16)20)6-8-5-9(15)7-10(18-2)12(8)19-3/h5-7H,4H2,1-3H3/b11-6-. The Labute approximate surface area is 141 Å². The number of methoxy groups -OCH3 is 2. The lowest BCUT2D eigenvalue weighted by Gasteiger charge is -2.12. The van der Waals surface area contributed by atoms with Gasteiger partial charge in [0.25, 0.3) is 5.91 Å². The Morgan fingerprint density at radius 2 is 2.10 bits per heavy atom. The fraction of sp³-hybridized carbons (Fsp3) is 0.286. The van der Waals surface area contributed by atoms with Crippen LogP contribution in [0.3, 0.4) is 0 Å². The average Bonchev–Trinajstić information content (AvgIpc) is 2.72. The molecule has 0 radical (unpaired) electrons. The largest absolute Gasteiger partial charge is 0.493 e. The summed E-state index contributed by atoms with van der Waals surface area (Å²) >= 11 is 9.93. The van der Waals surface area contributed by atoms with Crippen LogP contribution in [0, 0.1) is 0 Å². The van der Waals surface area contributed by atoms with Crippen molar-refractivity contribution in [2.45, 2.75) is 6.92 Å². The van der Waals surface area contributed by atoms with Crippen LogP contribution in [-0.4, -0.2) is 35.9 Å². The number of rotatable bonds is 4. The lowest BCUT2D eigenvalue weighted by atomic mass is 10.1. The summed E-state index contributed by atoms with van der Waals surface area (Å²) in [5, 5.41) is 0. The molecule has 112 valence electrons. The molecule has 0 bridgehead atoms. The van der Waals surface area contributed by atoms with E-state index in [1.54, 1.807) is 25.2 Å². The highest BCUT2D eigenvalue weighted by Crippen LogP contribution is 2.39. The molecular weight excluding hydrogens is 374 g/mol. The van der Waals surface area contributed by atoms with E-state index in [1.165, 1.54) is 11.8 Å². The second-order valence-electron chi connectivity index (χ2n) is 4.16. The maximum Gasteiger partial charge on any atom is 0.266 e. The minimum absolute atomic E-state index is 0.0755. The average molecular weight is 388 g/mol. The highest BCUT2D eigenvalue weighted by molar-refractivity contribution is 9.10. The second kappa shape index (κ2) is 6.81. The summed E-state index contributed by atoms with van der Waals surface area (Å²) in [6.07, 6.45) is 1.78. The number of halogens is 1. The molecule has 1 fully saturated rings. The highest BCUT2D eigenvalue weighted by Gasteiger charge is 2.31. The number of carbonyl (C=O) groups excluding carboxylic acids is 1. The molecule has 4 nitrogen and oxygen atoms in total. The van der Waals surface area contributed by atoms with Gasteiger partial charge in [0.1, 0.15) is 4.32 Å². The van der Waals surface area contributed by atoms with Gasteiger partial charge in [0.2, 0.25) is 0 Å². The molecule has 1 aliphatic heterocycles. The van der Waals surface area contributed by atoms with E-state index in [9.17, 15) is 4.79 Å². The topological polar surface area (TPSA) is 38.8 Å². The zero-order valence-electron chi connectivity index (χ0n) is 11.8. The summed E-state index contributed by atoms with van der Waals surface area (Å²) in [6, 6.07) is 3.69. The van der Waals surface area contributed by atoms with Crippen LogP contribution in [0.5, 0.6) is 11.5 Å². The molecule has 7 heteroatoms. The number of likely N-dealkylation sites (N-methyl/N-ethyl adjacent to an activating group) is 1. The van der Waals surface area contributed by atoms with Gasteiger partial charge in [-0.1, -0.05) is 39.9 Å². The second-order valence-corrected chi connectivity index (χ2v) is 6.75. The molecule has 1 aromatic carbocycles. The predicted molar refractivity (Wildman–Crippen MR) is 92.8 cm³/mol. The van der Waals surface area contributed by atoms with Crippen molar-refractivity contribution >= 4 is 56.2 Å². The molecule has 1 saturated heterocycles. The Hall–Kier alpha value is -1.05. The number of hydrogen-bond acceptors (Lipinski definition) is 5. The van der Waals surface area contributed by atoms with Crippen LogP contribution in [0.25, 0.3) is 6.08 Å². The predicted octanol–water partition coefficient (Wildman–Crippen LogP) is 3.69. The van der Waals surface area contributed by atoms with Gasteiger partial charge in [-0.15, -0.1) is 0 Å². The number of hydrogen-bond donors (Lipinski definition) is 0. The Morgan fingerprint density at radius 3 is 2.62 bits per heavy atom. The number of amides is 1. The Bertz CT molecular complexity index is 631. The first-order valence-corrected chi connectivity index (χ1v) is 8.20. The van der Waals surface area contributed by atoms with Gasteiger partial charge in [-0.2, -0.15) is 0 Å². The van der Waals surface area contributed by atoms with Gasteiger partial charge in [-0.05, 0) is 25.1 Å².